The van der Waals surface area contributed by atoms with Crippen molar-refractivity contribution in [1.82, 2.24) is 0 Å². The van der Waals surface area contributed by atoms with Crippen molar-refractivity contribution in [2.24, 2.45) is 0 Å². The molecule has 0 aliphatic heterocycles. The number of nitrogens with two attached hydrogens (primary N) is 1. The van der Waals surface area contributed by atoms with Gasteiger partial charge >= 0.3 is 0 Å². The van der Waals surface area contributed by atoms with Crippen molar-refractivity contribution in [1.29, 1.82) is 0 Å². The van der Waals surface area contributed by atoms with Gasteiger partial charge in [-0.2, -0.15) is 0 Å². The highest BCUT2D eigenvalue weighted by atomic mass is 16.5. The SMILES string of the molecule is CCCC[NH2+]CCCOc1ccc(C)cc1C. The predicted molar refractivity (Wildman–Crippen MR) is 72.6 cm³/mol. The third-order valence-electron chi connectivity index (χ3n) is 2.90. The minimum Gasteiger partial charge on any atom is -0.493 e. The third kappa shape index (κ3) is 5.73. The number of rotatable bonds is 8. The van der Waals surface area contributed by atoms with Gasteiger partial charge in [-0.1, -0.05) is 31.0 Å². The van der Waals surface area contributed by atoms with Crippen LogP contribution in [0.25, 0.3) is 0 Å². The number of unbranched alkanes of at least 4 members (excludes halogenated alkanes) is 1. The topological polar surface area (TPSA) is 25.8 Å². The zero-order valence-corrected chi connectivity index (χ0v) is 11.5. The molecule has 0 saturated heterocycles. The Labute approximate surface area is 105 Å². The van der Waals surface area contributed by atoms with Crippen LogP contribution in [0.3, 0.4) is 0 Å². The van der Waals surface area contributed by atoms with E-state index in [9.17, 15) is 0 Å². The summed E-state index contributed by atoms with van der Waals surface area (Å²) in [6.45, 7) is 9.70. The summed E-state index contributed by atoms with van der Waals surface area (Å²) in [5.41, 5.74) is 2.53. The van der Waals surface area contributed by atoms with Gasteiger partial charge in [-0.25, -0.2) is 0 Å². The number of hydrogen-bond acceptors (Lipinski definition) is 1. The van der Waals surface area contributed by atoms with E-state index in [0.717, 1.165) is 18.8 Å². The average molecular weight is 236 g/mol. The summed E-state index contributed by atoms with van der Waals surface area (Å²) in [5.74, 6) is 1.03. The van der Waals surface area contributed by atoms with Gasteiger partial charge in [0.05, 0.1) is 19.7 Å². The first-order chi connectivity index (χ1) is 8.24. The summed E-state index contributed by atoms with van der Waals surface area (Å²) in [6, 6.07) is 6.35. The van der Waals surface area contributed by atoms with Crippen LogP contribution in [0.15, 0.2) is 18.2 Å². The molecule has 2 nitrogen and oxygen atoms in total. The van der Waals surface area contributed by atoms with Crippen molar-refractivity contribution in [3.8, 4) is 5.75 Å². The Hall–Kier alpha value is -1.02. The monoisotopic (exact) mass is 236 g/mol. The molecule has 1 aromatic carbocycles. The van der Waals surface area contributed by atoms with E-state index in [0.29, 0.717) is 0 Å². The van der Waals surface area contributed by atoms with Gasteiger partial charge in [0, 0.05) is 6.42 Å². The van der Waals surface area contributed by atoms with Gasteiger partial charge in [-0.15, -0.1) is 0 Å². The van der Waals surface area contributed by atoms with Gasteiger partial charge in [0.1, 0.15) is 5.75 Å². The standard InChI is InChI=1S/C15H25NO/c1-4-5-9-16-10-6-11-17-15-8-7-13(2)12-14(15)3/h7-8,12,16H,4-6,9-11H2,1-3H3/p+1. The molecule has 0 spiro atoms. The lowest BCUT2D eigenvalue weighted by atomic mass is 10.1. The van der Waals surface area contributed by atoms with Crippen molar-refractivity contribution < 1.29 is 10.1 Å². The predicted octanol–water partition coefficient (Wildman–Crippen LogP) is 2.44. The van der Waals surface area contributed by atoms with Gasteiger partial charge in [-0.05, 0) is 31.9 Å². The first kappa shape index (κ1) is 14.0. The van der Waals surface area contributed by atoms with E-state index in [2.05, 4.69) is 44.3 Å². The summed E-state index contributed by atoms with van der Waals surface area (Å²) in [6.07, 6.45) is 3.73. The fraction of sp³-hybridized carbons (Fsp3) is 0.600. The third-order valence-corrected chi connectivity index (χ3v) is 2.90. The van der Waals surface area contributed by atoms with E-state index >= 15 is 0 Å². The van der Waals surface area contributed by atoms with E-state index in [1.54, 1.807) is 0 Å². The lowest BCUT2D eigenvalue weighted by Crippen LogP contribution is -2.84. The fourth-order valence-corrected chi connectivity index (χ4v) is 1.86. The van der Waals surface area contributed by atoms with Gasteiger partial charge in [-0.3, -0.25) is 0 Å². The summed E-state index contributed by atoms with van der Waals surface area (Å²) in [7, 11) is 0. The quantitative estimate of drug-likeness (QED) is 0.689. The molecule has 0 bridgehead atoms. The average Bonchev–Trinajstić information content (AvgIpc) is 2.30. The molecule has 1 rings (SSSR count). The number of aryl methyl sites for hydroxylation is 2. The van der Waals surface area contributed by atoms with Crippen molar-refractivity contribution in [2.75, 3.05) is 19.7 Å². The highest BCUT2D eigenvalue weighted by molar-refractivity contribution is 5.35. The lowest BCUT2D eigenvalue weighted by molar-refractivity contribution is -0.655. The molecule has 0 aromatic heterocycles. The molecular weight excluding hydrogens is 210 g/mol. The Morgan fingerprint density at radius 1 is 1.12 bits per heavy atom. The summed E-state index contributed by atoms with van der Waals surface area (Å²) in [4.78, 5) is 0. The Morgan fingerprint density at radius 3 is 2.59 bits per heavy atom. The maximum absolute atomic E-state index is 5.78. The highest BCUT2D eigenvalue weighted by Gasteiger charge is 1.99. The van der Waals surface area contributed by atoms with Gasteiger partial charge < -0.3 is 10.1 Å². The maximum atomic E-state index is 5.78. The Balaban J connectivity index is 2.14. The van der Waals surface area contributed by atoms with E-state index in [-0.39, 0.29) is 0 Å². The highest BCUT2D eigenvalue weighted by Crippen LogP contribution is 2.18. The molecule has 0 heterocycles. The van der Waals surface area contributed by atoms with Crippen molar-refractivity contribution in [2.45, 2.75) is 40.0 Å². The van der Waals surface area contributed by atoms with E-state index in [1.807, 2.05) is 0 Å². The van der Waals surface area contributed by atoms with Crippen LogP contribution in [0.2, 0.25) is 0 Å². The molecule has 0 saturated carbocycles. The molecule has 0 unspecified atom stereocenters. The zero-order chi connectivity index (χ0) is 12.5. The zero-order valence-electron chi connectivity index (χ0n) is 11.5. The number of hydrogen-bond donors (Lipinski definition) is 1. The van der Waals surface area contributed by atoms with Crippen LogP contribution >= 0.6 is 0 Å². The number of quaternary nitrogens is 1. The molecule has 0 fully saturated rings. The van der Waals surface area contributed by atoms with Crippen molar-refractivity contribution in [3.05, 3.63) is 29.3 Å². The molecule has 1 aromatic rings. The molecule has 0 aliphatic rings. The summed E-state index contributed by atoms with van der Waals surface area (Å²) < 4.78 is 5.78. The maximum Gasteiger partial charge on any atom is 0.122 e. The first-order valence-corrected chi connectivity index (χ1v) is 6.75. The lowest BCUT2D eigenvalue weighted by Gasteiger charge is -2.09. The summed E-state index contributed by atoms with van der Waals surface area (Å²) >= 11 is 0. The van der Waals surface area contributed by atoms with Crippen LogP contribution in [-0.2, 0) is 0 Å². The molecule has 0 atom stereocenters. The second-order valence-electron chi connectivity index (χ2n) is 4.69. The molecule has 0 aliphatic carbocycles. The normalized spacial score (nSPS) is 10.5. The molecule has 2 heteroatoms. The largest absolute Gasteiger partial charge is 0.493 e. The van der Waals surface area contributed by atoms with E-state index < -0.39 is 0 Å². The summed E-state index contributed by atoms with van der Waals surface area (Å²) in [5, 5.41) is 2.38. The Bertz CT molecular complexity index is 323. The van der Waals surface area contributed by atoms with Gasteiger partial charge in [0.15, 0.2) is 0 Å². The van der Waals surface area contributed by atoms with Crippen molar-refractivity contribution >= 4 is 0 Å². The van der Waals surface area contributed by atoms with Crippen LogP contribution in [0, 0.1) is 13.8 Å². The van der Waals surface area contributed by atoms with Crippen LogP contribution in [-0.4, -0.2) is 19.7 Å². The first-order valence-electron chi connectivity index (χ1n) is 6.75. The van der Waals surface area contributed by atoms with Crippen LogP contribution < -0.4 is 10.1 Å². The number of benzene rings is 1. The van der Waals surface area contributed by atoms with Crippen LogP contribution in [0.4, 0.5) is 0 Å². The molecule has 0 amide bonds. The molecule has 0 radical (unpaired) electrons. The minimum absolute atomic E-state index is 0.826. The Kier molecular flexibility index (Phi) is 6.71. The smallest absolute Gasteiger partial charge is 0.122 e. The molecular formula is C15H26NO+. The second-order valence-corrected chi connectivity index (χ2v) is 4.69. The van der Waals surface area contributed by atoms with Gasteiger partial charge in [0.25, 0.3) is 0 Å². The van der Waals surface area contributed by atoms with E-state index in [1.165, 1.54) is 37.1 Å². The second kappa shape index (κ2) is 8.13. The van der Waals surface area contributed by atoms with E-state index in [4.69, 9.17) is 4.74 Å². The van der Waals surface area contributed by atoms with Crippen molar-refractivity contribution in [3.63, 3.8) is 0 Å². The van der Waals surface area contributed by atoms with Gasteiger partial charge in [0.2, 0.25) is 0 Å². The fourth-order valence-electron chi connectivity index (χ4n) is 1.86. The minimum atomic E-state index is 0.826. The molecule has 17 heavy (non-hydrogen) atoms. The van der Waals surface area contributed by atoms with Crippen LogP contribution in [0.1, 0.15) is 37.3 Å². The van der Waals surface area contributed by atoms with Crippen LogP contribution in [0.5, 0.6) is 5.75 Å². The molecule has 96 valence electrons. The Morgan fingerprint density at radius 2 is 1.88 bits per heavy atom. The molecule has 2 N–H and O–H groups in total. The number of ether oxygens (including phenoxy) is 1.